The van der Waals surface area contributed by atoms with Crippen molar-refractivity contribution in [2.75, 3.05) is 20.2 Å². The fourth-order valence-electron chi connectivity index (χ4n) is 2.85. The van der Waals surface area contributed by atoms with Crippen molar-refractivity contribution in [2.24, 2.45) is 4.99 Å². The smallest absolute Gasteiger partial charge is 0.258 e. The molecule has 0 heterocycles. The van der Waals surface area contributed by atoms with Crippen LogP contribution in [0, 0.1) is 0 Å². The normalized spacial score (nSPS) is 16.6. The van der Waals surface area contributed by atoms with Crippen molar-refractivity contribution in [3.8, 4) is 5.75 Å². The lowest BCUT2D eigenvalue weighted by molar-refractivity contribution is -0.123. The van der Waals surface area contributed by atoms with Crippen molar-refractivity contribution in [3.63, 3.8) is 0 Å². The zero-order valence-corrected chi connectivity index (χ0v) is 18.1. The van der Waals surface area contributed by atoms with Gasteiger partial charge in [-0.2, -0.15) is 0 Å². The number of guanidine groups is 1. The fourth-order valence-corrected chi connectivity index (χ4v) is 2.85. The van der Waals surface area contributed by atoms with Crippen LogP contribution in [-0.4, -0.2) is 44.1 Å². The summed E-state index contributed by atoms with van der Waals surface area (Å²) in [6.45, 7) is 0.888. The maximum Gasteiger partial charge on any atom is 0.258 e. The van der Waals surface area contributed by atoms with Crippen molar-refractivity contribution in [2.45, 2.75) is 44.2 Å². The lowest BCUT2D eigenvalue weighted by Crippen LogP contribution is -2.43. The number of halogens is 1. The highest BCUT2D eigenvalue weighted by Crippen LogP contribution is 2.18. The zero-order chi connectivity index (χ0) is 18.2. The van der Waals surface area contributed by atoms with E-state index in [1.54, 1.807) is 7.05 Å². The molecule has 0 unspecified atom stereocenters. The first-order valence-corrected chi connectivity index (χ1v) is 9.36. The van der Waals surface area contributed by atoms with E-state index in [0.717, 1.165) is 50.4 Å². The van der Waals surface area contributed by atoms with E-state index in [-0.39, 0.29) is 36.5 Å². The van der Waals surface area contributed by atoms with Gasteiger partial charge in [-0.3, -0.25) is 9.79 Å². The Labute approximate surface area is 178 Å². The van der Waals surface area contributed by atoms with E-state index in [2.05, 4.69) is 33.1 Å². The van der Waals surface area contributed by atoms with E-state index in [4.69, 9.17) is 4.74 Å². The topological polar surface area (TPSA) is 74.8 Å². The fraction of sp³-hybridized carbons (Fsp3) is 0.500. The number of amides is 1. The summed E-state index contributed by atoms with van der Waals surface area (Å²) in [5.41, 5.74) is 1.21. The molecule has 27 heavy (non-hydrogen) atoms. The van der Waals surface area contributed by atoms with E-state index in [1.807, 2.05) is 24.3 Å². The molecule has 6 nitrogen and oxygen atoms in total. The molecule has 1 saturated carbocycles. The van der Waals surface area contributed by atoms with Gasteiger partial charge >= 0.3 is 0 Å². The highest BCUT2D eigenvalue weighted by molar-refractivity contribution is 14.0. The standard InChI is InChI=1S/C20H28N4O2.HI/c1-21-20(24-16-4-2-3-5-16)22-13-12-15-6-10-18(11-7-15)26-14-19(25)23-17-8-9-17;/h2-3,6-7,10-11,16-17H,4-5,8-9,12-14H2,1H3,(H,23,25)(H2,21,22,24);1H. The SMILES string of the molecule is CN=C(NCCc1ccc(OCC(=O)NC2CC2)cc1)NC1CC=CC1.I. The van der Waals surface area contributed by atoms with Crippen LogP contribution < -0.4 is 20.7 Å². The summed E-state index contributed by atoms with van der Waals surface area (Å²) < 4.78 is 5.52. The molecule has 3 N–H and O–H groups in total. The quantitative estimate of drug-likeness (QED) is 0.229. The maximum atomic E-state index is 11.6. The minimum Gasteiger partial charge on any atom is -0.484 e. The molecule has 0 bridgehead atoms. The van der Waals surface area contributed by atoms with Crippen LogP contribution in [0.15, 0.2) is 41.4 Å². The third-order valence-corrected chi connectivity index (χ3v) is 4.51. The van der Waals surface area contributed by atoms with Gasteiger partial charge in [-0.25, -0.2) is 0 Å². The maximum absolute atomic E-state index is 11.6. The average Bonchev–Trinajstić information content (AvgIpc) is 3.32. The van der Waals surface area contributed by atoms with Gasteiger partial charge in [0.2, 0.25) is 0 Å². The Bertz CT molecular complexity index is 648. The Hall–Kier alpha value is -1.77. The Kier molecular flexibility index (Phi) is 8.90. The highest BCUT2D eigenvalue weighted by Gasteiger charge is 2.23. The van der Waals surface area contributed by atoms with Crippen LogP contribution in [0.5, 0.6) is 5.75 Å². The zero-order valence-electron chi connectivity index (χ0n) is 15.7. The van der Waals surface area contributed by atoms with E-state index in [0.29, 0.717) is 12.1 Å². The molecule has 0 aliphatic heterocycles. The van der Waals surface area contributed by atoms with Crippen molar-refractivity contribution in [3.05, 3.63) is 42.0 Å². The number of nitrogens with zero attached hydrogens (tertiary/aromatic N) is 1. The van der Waals surface area contributed by atoms with Crippen molar-refractivity contribution >= 4 is 35.8 Å². The number of hydrogen-bond donors (Lipinski definition) is 3. The first-order valence-electron chi connectivity index (χ1n) is 9.36. The monoisotopic (exact) mass is 484 g/mol. The van der Waals surface area contributed by atoms with E-state index in [1.165, 1.54) is 5.56 Å². The predicted molar refractivity (Wildman–Crippen MR) is 119 cm³/mol. The molecule has 148 valence electrons. The van der Waals surface area contributed by atoms with Crippen LogP contribution in [0.2, 0.25) is 0 Å². The summed E-state index contributed by atoms with van der Waals surface area (Å²) in [6.07, 6.45) is 9.58. The highest BCUT2D eigenvalue weighted by atomic mass is 127. The van der Waals surface area contributed by atoms with Gasteiger partial charge in [0, 0.05) is 25.7 Å². The van der Waals surface area contributed by atoms with Gasteiger partial charge in [0.05, 0.1) is 0 Å². The second-order valence-corrected chi connectivity index (χ2v) is 6.81. The Balaban J connectivity index is 0.00000261. The minimum atomic E-state index is -0.0443. The number of benzene rings is 1. The third-order valence-electron chi connectivity index (χ3n) is 4.51. The van der Waals surface area contributed by atoms with Crippen molar-refractivity contribution < 1.29 is 9.53 Å². The van der Waals surface area contributed by atoms with Gasteiger partial charge in [0.25, 0.3) is 5.91 Å². The Morgan fingerprint density at radius 1 is 1.11 bits per heavy atom. The first kappa shape index (κ1) is 21.5. The summed E-state index contributed by atoms with van der Waals surface area (Å²) in [7, 11) is 1.79. The number of aliphatic imine (C=N–C) groups is 1. The second kappa shape index (κ2) is 11.2. The molecule has 1 amide bonds. The molecular weight excluding hydrogens is 455 g/mol. The van der Waals surface area contributed by atoms with Gasteiger partial charge < -0.3 is 20.7 Å². The first-order chi connectivity index (χ1) is 12.7. The molecule has 1 fully saturated rings. The number of carbonyl (C=O) groups is 1. The van der Waals surface area contributed by atoms with E-state index >= 15 is 0 Å². The number of rotatable bonds is 8. The van der Waals surface area contributed by atoms with Gasteiger partial charge in [-0.1, -0.05) is 24.3 Å². The van der Waals surface area contributed by atoms with Crippen LogP contribution in [0.4, 0.5) is 0 Å². The van der Waals surface area contributed by atoms with Crippen LogP contribution in [0.3, 0.4) is 0 Å². The molecule has 2 aliphatic rings. The molecule has 0 atom stereocenters. The van der Waals surface area contributed by atoms with Crippen LogP contribution in [0.1, 0.15) is 31.2 Å². The van der Waals surface area contributed by atoms with Crippen molar-refractivity contribution in [1.29, 1.82) is 0 Å². The third kappa shape index (κ3) is 7.78. The van der Waals surface area contributed by atoms with Crippen molar-refractivity contribution in [1.82, 2.24) is 16.0 Å². The van der Waals surface area contributed by atoms with Crippen LogP contribution >= 0.6 is 24.0 Å². The molecule has 7 heteroatoms. The summed E-state index contributed by atoms with van der Waals surface area (Å²) in [4.78, 5) is 15.9. The molecule has 3 rings (SSSR count). The minimum absolute atomic E-state index is 0. The summed E-state index contributed by atoms with van der Waals surface area (Å²) in [5.74, 6) is 1.52. The molecule has 0 spiro atoms. The van der Waals surface area contributed by atoms with E-state index < -0.39 is 0 Å². The van der Waals surface area contributed by atoms with E-state index in [9.17, 15) is 4.79 Å². The summed E-state index contributed by atoms with van der Waals surface area (Å²) >= 11 is 0. The number of hydrogen-bond acceptors (Lipinski definition) is 3. The lowest BCUT2D eigenvalue weighted by Gasteiger charge is -2.16. The second-order valence-electron chi connectivity index (χ2n) is 6.81. The largest absolute Gasteiger partial charge is 0.484 e. The molecule has 1 aromatic carbocycles. The average molecular weight is 484 g/mol. The Morgan fingerprint density at radius 3 is 2.44 bits per heavy atom. The van der Waals surface area contributed by atoms with Gasteiger partial charge in [0.1, 0.15) is 5.75 Å². The number of nitrogens with one attached hydrogen (secondary N) is 3. The van der Waals surface area contributed by atoms with Crippen LogP contribution in [-0.2, 0) is 11.2 Å². The molecule has 0 aromatic heterocycles. The summed E-state index contributed by atoms with van der Waals surface area (Å²) in [5, 5.41) is 9.69. The molecule has 0 radical (unpaired) electrons. The summed E-state index contributed by atoms with van der Waals surface area (Å²) in [6, 6.07) is 8.72. The number of carbonyl (C=O) groups excluding carboxylic acids is 1. The molecule has 2 aliphatic carbocycles. The Morgan fingerprint density at radius 2 is 1.81 bits per heavy atom. The van der Waals surface area contributed by atoms with Gasteiger partial charge in [-0.05, 0) is 49.8 Å². The number of ether oxygens (including phenoxy) is 1. The van der Waals surface area contributed by atoms with Gasteiger partial charge in [-0.15, -0.1) is 24.0 Å². The predicted octanol–water partition coefficient (Wildman–Crippen LogP) is 2.39. The molecule has 1 aromatic rings. The van der Waals surface area contributed by atoms with Crippen LogP contribution in [0.25, 0.3) is 0 Å². The lowest BCUT2D eigenvalue weighted by atomic mass is 10.1. The molecular formula is C20H29IN4O2. The van der Waals surface area contributed by atoms with Gasteiger partial charge in [0.15, 0.2) is 12.6 Å². The molecule has 0 saturated heterocycles.